The lowest BCUT2D eigenvalue weighted by atomic mass is 10.1. The standard InChI is InChI=1S/C16H17N3O4/c1-3-8-19-13(17)12(14(20)18-16(19)22)9-10-4-6-11(7-5-10)15(21)23-2/h4-7,9,17H,3,8H2,1-2H3,(H,18,20,22)/p+1/b12-9+. The zero-order valence-electron chi connectivity index (χ0n) is 13.0. The number of ether oxygens (including phenoxy) is 1. The van der Waals surface area contributed by atoms with Crippen LogP contribution in [0.3, 0.4) is 0 Å². The molecule has 0 saturated carbocycles. The molecule has 3 N–H and O–H groups in total. The molecule has 1 aliphatic rings. The molecule has 2 rings (SSSR count). The summed E-state index contributed by atoms with van der Waals surface area (Å²) >= 11 is 0. The van der Waals surface area contributed by atoms with E-state index in [4.69, 9.17) is 5.73 Å². The van der Waals surface area contributed by atoms with E-state index in [9.17, 15) is 14.4 Å². The van der Waals surface area contributed by atoms with E-state index in [2.05, 4.69) is 10.1 Å². The molecule has 0 spiro atoms. The number of carbonyl (C=O) groups is 3. The monoisotopic (exact) mass is 316 g/mol. The number of nitrogens with one attached hydrogen (secondary N) is 1. The number of benzene rings is 1. The lowest BCUT2D eigenvalue weighted by molar-refractivity contribution is -0.430. The van der Waals surface area contributed by atoms with Crippen molar-refractivity contribution in [3.8, 4) is 0 Å². The third-order valence-electron chi connectivity index (χ3n) is 3.37. The van der Waals surface area contributed by atoms with Gasteiger partial charge in [0, 0.05) is 0 Å². The third-order valence-corrected chi connectivity index (χ3v) is 3.37. The first-order valence-corrected chi connectivity index (χ1v) is 7.13. The summed E-state index contributed by atoms with van der Waals surface area (Å²) in [6.07, 6.45) is 2.28. The number of esters is 1. The number of rotatable bonds is 4. The molecule has 1 aliphatic heterocycles. The maximum Gasteiger partial charge on any atom is 0.443 e. The largest absolute Gasteiger partial charge is 0.465 e. The average molecular weight is 316 g/mol. The Morgan fingerprint density at radius 1 is 1.30 bits per heavy atom. The molecule has 1 aromatic rings. The van der Waals surface area contributed by atoms with E-state index >= 15 is 0 Å². The topological polar surface area (TPSA) is 102 Å². The molecule has 3 amide bonds. The molecule has 0 radical (unpaired) electrons. The van der Waals surface area contributed by atoms with Gasteiger partial charge in [-0.05, 0) is 30.2 Å². The van der Waals surface area contributed by atoms with Gasteiger partial charge in [0.05, 0.1) is 19.2 Å². The Morgan fingerprint density at radius 2 is 1.96 bits per heavy atom. The second-order valence-electron chi connectivity index (χ2n) is 4.97. The second kappa shape index (κ2) is 6.87. The number of nitrogens with zero attached hydrogens (tertiary/aromatic N) is 1. The fourth-order valence-corrected chi connectivity index (χ4v) is 2.19. The molecule has 0 saturated heterocycles. The minimum absolute atomic E-state index is 0.123. The van der Waals surface area contributed by atoms with E-state index in [0.717, 1.165) is 0 Å². The van der Waals surface area contributed by atoms with Crippen LogP contribution in [0.1, 0.15) is 29.3 Å². The van der Waals surface area contributed by atoms with Crippen molar-refractivity contribution in [2.45, 2.75) is 13.3 Å². The maximum absolute atomic E-state index is 12.0. The normalized spacial score (nSPS) is 16.5. The first kappa shape index (κ1) is 16.4. The SMILES string of the molecule is CCC[N+]1=C(N)/C(=C\c2ccc(C(=O)OC)cc2)C(=O)NC1=O. The lowest BCUT2D eigenvalue weighted by Crippen LogP contribution is -2.51. The van der Waals surface area contributed by atoms with Gasteiger partial charge in [-0.1, -0.05) is 19.1 Å². The Balaban J connectivity index is 2.38. The molecule has 0 bridgehead atoms. The predicted octanol–water partition coefficient (Wildman–Crippen LogP) is 0.886. The molecule has 0 unspecified atom stereocenters. The van der Waals surface area contributed by atoms with Crippen LogP contribution >= 0.6 is 0 Å². The number of nitrogens with two attached hydrogens (primary N) is 1. The van der Waals surface area contributed by atoms with Crippen LogP contribution in [0.4, 0.5) is 4.79 Å². The number of carbonyl (C=O) groups excluding carboxylic acids is 3. The molecule has 0 atom stereocenters. The van der Waals surface area contributed by atoms with Crippen molar-refractivity contribution >= 4 is 29.8 Å². The van der Waals surface area contributed by atoms with E-state index in [1.54, 1.807) is 30.3 Å². The van der Waals surface area contributed by atoms with Crippen molar-refractivity contribution in [2.75, 3.05) is 13.7 Å². The number of hydrogen-bond donors (Lipinski definition) is 2. The number of imide groups is 1. The first-order valence-electron chi connectivity index (χ1n) is 7.13. The quantitative estimate of drug-likeness (QED) is 0.488. The Labute approximate surface area is 133 Å². The third kappa shape index (κ3) is 3.45. The smallest absolute Gasteiger partial charge is 0.443 e. The molecule has 0 aromatic heterocycles. The number of methoxy groups -OCH3 is 1. The van der Waals surface area contributed by atoms with Gasteiger partial charge in [0.25, 0.3) is 0 Å². The van der Waals surface area contributed by atoms with Gasteiger partial charge in [-0.2, -0.15) is 4.58 Å². The van der Waals surface area contributed by atoms with Gasteiger partial charge in [0.15, 0.2) is 0 Å². The molecule has 1 aromatic carbocycles. The van der Waals surface area contributed by atoms with Gasteiger partial charge in [-0.25, -0.2) is 14.9 Å². The van der Waals surface area contributed by atoms with E-state index in [-0.39, 0.29) is 11.4 Å². The predicted molar refractivity (Wildman–Crippen MR) is 83.9 cm³/mol. The molecule has 0 aliphatic carbocycles. The number of urea groups is 1. The zero-order valence-corrected chi connectivity index (χ0v) is 13.0. The minimum atomic E-state index is -0.545. The lowest BCUT2D eigenvalue weighted by Gasteiger charge is -2.15. The summed E-state index contributed by atoms with van der Waals surface area (Å²) in [7, 11) is 1.31. The molecule has 23 heavy (non-hydrogen) atoms. The molecule has 7 heteroatoms. The minimum Gasteiger partial charge on any atom is -0.465 e. The average Bonchev–Trinajstić information content (AvgIpc) is 2.55. The summed E-state index contributed by atoms with van der Waals surface area (Å²) in [5, 5.41) is 2.26. The Hall–Kier alpha value is -2.96. The summed E-state index contributed by atoms with van der Waals surface area (Å²) in [4.78, 5) is 35.2. The van der Waals surface area contributed by atoms with Crippen LogP contribution < -0.4 is 11.1 Å². The van der Waals surface area contributed by atoms with Gasteiger partial charge in [-0.3, -0.25) is 4.79 Å². The fraction of sp³-hybridized carbons (Fsp3) is 0.250. The van der Waals surface area contributed by atoms with Crippen molar-refractivity contribution in [1.82, 2.24) is 5.32 Å². The van der Waals surface area contributed by atoms with Gasteiger partial charge >= 0.3 is 17.9 Å². The number of amides is 3. The Morgan fingerprint density at radius 3 is 2.52 bits per heavy atom. The maximum atomic E-state index is 12.0. The van der Waals surface area contributed by atoms with E-state index < -0.39 is 17.9 Å². The highest BCUT2D eigenvalue weighted by Gasteiger charge is 2.33. The van der Waals surface area contributed by atoms with E-state index in [1.807, 2.05) is 6.92 Å². The first-order chi connectivity index (χ1) is 11.0. The van der Waals surface area contributed by atoms with Gasteiger partial charge in [-0.15, -0.1) is 0 Å². The van der Waals surface area contributed by atoms with Crippen molar-refractivity contribution in [2.24, 2.45) is 5.73 Å². The molecular weight excluding hydrogens is 298 g/mol. The van der Waals surface area contributed by atoms with Crippen molar-refractivity contribution in [3.05, 3.63) is 41.0 Å². The molecule has 0 fully saturated rings. The van der Waals surface area contributed by atoms with Gasteiger partial charge < -0.3 is 10.5 Å². The number of hydrogen-bond acceptors (Lipinski definition) is 5. The Bertz CT molecular complexity index is 717. The molecule has 120 valence electrons. The van der Waals surface area contributed by atoms with Crippen LogP contribution in [0.5, 0.6) is 0 Å². The van der Waals surface area contributed by atoms with Crippen LogP contribution in [0.15, 0.2) is 29.8 Å². The van der Waals surface area contributed by atoms with Crippen LogP contribution in [0, 0.1) is 0 Å². The highest BCUT2D eigenvalue weighted by Crippen LogP contribution is 2.12. The molecule has 1 heterocycles. The highest BCUT2D eigenvalue weighted by molar-refractivity contribution is 6.26. The fourth-order valence-electron chi connectivity index (χ4n) is 2.19. The Kier molecular flexibility index (Phi) is 4.90. The summed E-state index contributed by atoms with van der Waals surface area (Å²) in [6, 6.07) is 5.99. The van der Waals surface area contributed by atoms with Crippen LogP contribution in [0.25, 0.3) is 6.08 Å². The second-order valence-corrected chi connectivity index (χ2v) is 4.97. The summed E-state index contributed by atoms with van der Waals surface area (Å²) in [5.41, 5.74) is 7.25. The zero-order chi connectivity index (χ0) is 17.0. The highest BCUT2D eigenvalue weighted by atomic mass is 16.5. The summed E-state index contributed by atoms with van der Waals surface area (Å²) in [5.74, 6) is -0.861. The van der Waals surface area contributed by atoms with Crippen molar-refractivity contribution in [1.29, 1.82) is 0 Å². The summed E-state index contributed by atoms with van der Waals surface area (Å²) < 4.78 is 5.96. The van der Waals surface area contributed by atoms with E-state index in [1.165, 1.54) is 11.7 Å². The number of amidine groups is 1. The molecular formula is C16H18N3O4+. The van der Waals surface area contributed by atoms with Crippen LogP contribution in [-0.4, -0.2) is 42.0 Å². The van der Waals surface area contributed by atoms with Crippen LogP contribution in [0.2, 0.25) is 0 Å². The van der Waals surface area contributed by atoms with Crippen LogP contribution in [-0.2, 0) is 9.53 Å². The molecule has 7 nitrogen and oxygen atoms in total. The van der Waals surface area contributed by atoms with Crippen molar-refractivity contribution in [3.63, 3.8) is 0 Å². The summed E-state index contributed by atoms with van der Waals surface area (Å²) in [6.45, 7) is 2.33. The van der Waals surface area contributed by atoms with Crippen molar-refractivity contribution < 1.29 is 23.7 Å². The van der Waals surface area contributed by atoms with Gasteiger partial charge in [0.1, 0.15) is 5.57 Å². The van der Waals surface area contributed by atoms with Gasteiger partial charge in [0.2, 0.25) is 5.84 Å². The van der Waals surface area contributed by atoms with E-state index in [0.29, 0.717) is 24.1 Å².